The smallest absolute Gasteiger partial charge is 0.339 e. The van der Waals surface area contributed by atoms with Crippen LogP contribution in [0.25, 0.3) is 0 Å². The van der Waals surface area contributed by atoms with E-state index in [1.54, 1.807) is 43.3 Å². The van der Waals surface area contributed by atoms with E-state index < -0.39 is 40.4 Å². The van der Waals surface area contributed by atoms with E-state index in [4.69, 9.17) is 13.7 Å². The van der Waals surface area contributed by atoms with E-state index in [-0.39, 0.29) is 41.7 Å². The third kappa shape index (κ3) is 6.73. The number of hydrogen-bond acceptors (Lipinski definition) is 9. The van der Waals surface area contributed by atoms with Crippen LogP contribution in [-0.4, -0.2) is 51.8 Å². The number of amides is 1. The van der Waals surface area contributed by atoms with E-state index >= 15 is 0 Å². The molecular formula is C29H27NO9S. The predicted molar refractivity (Wildman–Crippen MR) is 144 cm³/mol. The lowest BCUT2D eigenvalue weighted by Crippen LogP contribution is -2.27. The molecule has 40 heavy (non-hydrogen) atoms. The fourth-order valence-electron chi connectivity index (χ4n) is 4.02. The molecule has 0 bridgehead atoms. The predicted octanol–water partition coefficient (Wildman–Crippen LogP) is 3.72. The minimum Gasteiger partial charge on any atom is -0.462 e. The molecule has 0 unspecified atom stereocenters. The van der Waals surface area contributed by atoms with E-state index in [0.29, 0.717) is 11.3 Å². The highest BCUT2D eigenvalue weighted by atomic mass is 32.2. The van der Waals surface area contributed by atoms with Crippen LogP contribution in [0.1, 0.15) is 39.6 Å². The molecule has 1 heterocycles. The molecule has 1 amide bonds. The number of hydrogen-bond donors (Lipinski definition) is 0. The molecule has 1 fully saturated rings. The third-order valence-corrected chi connectivity index (χ3v) is 7.45. The summed E-state index contributed by atoms with van der Waals surface area (Å²) in [6.45, 7) is 3.32. The zero-order valence-electron chi connectivity index (χ0n) is 21.9. The maximum atomic E-state index is 12.6. The first kappa shape index (κ1) is 28.5. The lowest BCUT2D eigenvalue weighted by molar-refractivity contribution is -0.147. The molecule has 3 aromatic carbocycles. The topological polar surface area (TPSA) is 133 Å². The van der Waals surface area contributed by atoms with Crippen LogP contribution in [0, 0.1) is 12.8 Å². The van der Waals surface area contributed by atoms with Gasteiger partial charge in [0.1, 0.15) is 10.6 Å². The van der Waals surface area contributed by atoms with Gasteiger partial charge in [0.05, 0.1) is 18.1 Å². The number of carbonyl (C=O) groups excluding carboxylic acids is 4. The minimum atomic E-state index is -4.04. The highest BCUT2D eigenvalue weighted by Gasteiger charge is 2.36. The number of Topliss-reactive ketones (excluding diaryl/α,β-unsaturated/α-hetero) is 1. The van der Waals surface area contributed by atoms with Gasteiger partial charge in [0.2, 0.25) is 5.91 Å². The Hall–Kier alpha value is -4.51. The highest BCUT2D eigenvalue weighted by Crippen LogP contribution is 2.27. The molecule has 3 aromatic rings. The Bertz CT molecular complexity index is 1510. The first-order valence-electron chi connectivity index (χ1n) is 12.5. The molecule has 11 heteroatoms. The van der Waals surface area contributed by atoms with Crippen molar-refractivity contribution in [3.8, 4) is 5.75 Å². The Morgan fingerprint density at radius 3 is 2.12 bits per heavy atom. The number of nitrogens with zero attached hydrogens (tertiary/aromatic N) is 1. The van der Waals surface area contributed by atoms with Crippen LogP contribution >= 0.6 is 0 Å². The van der Waals surface area contributed by atoms with E-state index in [9.17, 15) is 27.6 Å². The third-order valence-electron chi connectivity index (χ3n) is 6.19. The van der Waals surface area contributed by atoms with Gasteiger partial charge in [-0.25, -0.2) is 4.79 Å². The van der Waals surface area contributed by atoms with Crippen molar-refractivity contribution in [3.05, 3.63) is 89.5 Å². The van der Waals surface area contributed by atoms with Gasteiger partial charge in [0.25, 0.3) is 0 Å². The van der Waals surface area contributed by atoms with Crippen LogP contribution < -0.4 is 9.08 Å². The van der Waals surface area contributed by atoms with Gasteiger partial charge in [-0.2, -0.15) is 8.42 Å². The maximum absolute atomic E-state index is 12.6. The summed E-state index contributed by atoms with van der Waals surface area (Å²) in [5.74, 6) is -2.68. The van der Waals surface area contributed by atoms with Crippen molar-refractivity contribution in [2.45, 2.75) is 25.2 Å². The molecule has 1 aliphatic heterocycles. The summed E-state index contributed by atoms with van der Waals surface area (Å²) in [6.07, 6.45) is -0.0753. The summed E-state index contributed by atoms with van der Waals surface area (Å²) in [7, 11) is -4.04. The van der Waals surface area contributed by atoms with Gasteiger partial charge < -0.3 is 18.6 Å². The molecule has 208 valence electrons. The van der Waals surface area contributed by atoms with Gasteiger partial charge in [-0.1, -0.05) is 17.7 Å². The molecule has 1 aliphatic rings. The van der Waals surface area contributed by atoms with Crippen molar-refractivity contribution in [2.75, 3.05) is 24.7 Å². The molecule has 0 radical (unpaired) electrons. The second-order valence-electron chi connectivity index (χ2n) is 9.08. The molecule has 10 nitrogen and oxygen atoms in total. The number of ketones is 1. The molecule has 1 atom stereocenters. The van der Waals surface area contributed by atoms with Crippen molar-refractivity contribution < 1.29 is 41.3 Å². The minimum absolute atomic E-state index is 0.00261. The number of rotatable bonds is 10. The average molecular weight is 566 g/mol. The number of aryl methyl sites for hydroxylation is 1. The summed E-state index contributed by atoms with van der Waals surface area (Å²) >= 11 is 0. The molecule has 4 rings (SSSR count). The highest BCUT2D eigenvalue weighted by molar-refractivity contribution is 7.87. The quantitative estimate of drug-likeness (QED) is 0.205. The summed E-state index contributed by atoms with van der Waals surface area (Å²) < 4.78 is 40.1. The van der Waals surface area contributed by atoms with Crippen LogP contribution in [0.4, 0.5) is 5.69 Å². The Morgan fingerprint density at radius 1 is 0.875 bits per heavy atom. The van der Waals surface area contributed by atoms with Crippen molar-refractivity contribution in [2.24, 2.45) is 5.92 Å². The number of esters is 2. The van der Waals surface area contributed by atoms with Crippen LogP contribution in [0.5, 0.6) is 5.75 Å². The Kier molecular flexibility index (Phi) is 8.64. The fourth-order valence-corrected chi connectivity index (χ4v) is 4.95. The van der Waals surface area contributed by atoms with Gasteiger partial charge >= 0.3 is 22.1 Å². The van der Waals surface area contributed by atoms with E-state index in [1.165, 1.54) is 41.3 Å². The first-order chi connectivity index (χ1) is 19.1. The number of benzene rings is 3. The fraction of sp³-hybridized carbons (Fsp3) is 0.241. The molecule has 0 aliphatic carbocycles. The van der Waals surface area contributed by atoms with Crippen molar-refractivity contribution in [1.82, 2.24) is 0 Å². The number of ether oxygens (including phenoxy) is 2. The lowest BCUT2D eigenvalue weighted by Gasteiger charge is -2.17. The Labute approximate surface area is 231 Å². The van der Waals surface area contributed by atoms with Gasteiger partial charge in [-0.15, -0.1) is 0 Å². The zero-order chi connectivity index (χ0) is 28.9. The zero-order valence-corrected chi connectivity index (χ0v) is 22.7. The van der Waals surface area contributed by atoms with Crippen molar-refractivity contribution in [1.29, 1.82) is 0 Å². The van der Waals surface area contributed by atoms with Crippen LogP contribution in [0.15, 0.2) is 77.7 Å². The Balaban J connectivity index is 1.30. The van der Waals surface area contributed by atoms with E-state index in [1.807, 2.05) is 6.92 Å². The number of carbonyl (C=O) groups is 4. The SMILES string of the molecule is CCOC(=O)c1ccc(N2C[C@@H](C(=O)OCC(=O)c3ccc(OS(=O)(=O)c4ccc(C)cc4)cc3)CC2=O)cc1. The monoisotopic (exact) mass is 565 g/mol. The largest absolute Gasteiger partial charge is 0.462 e. The standard InChI is InChI=1S/C29H27NO9S/c1-3-37-28(33)21-6-10-23(11-7-21)30-17-22(16-27(30)32)29(34)38-18-26(31)20-8-12-24(13-9-20)39-40(35,36)25-14-4-19(2)5-15-25/h4-15,22H,3,16-18H2,1-2H3/t22-/m0/s1. The van der Waals surface area contributed by atoms with Crippen LogP contribution in [0.3, 0.4) is 0 Å². The van der Waals surface area contributed by atoms with Crippen LogP contribution in [0.2, 0.25) is 0 Å². The summed E-state index contributed by atoms with van der Waals surface area (Å²) in [5, 5.41) is 0. The number of anilines is 1. The summed E-state index contributed by atoms with van der Waals surface area (Å²) in [6, 6.07) is 17.9. The second-order valence-corrected chi connectivity index (χ2v) is 10.6. The van der Waals surface area contributed by atoms with Gasteiger partial charge in [-0.05, 0) is 74.5 Å². The first-order valence-corrected chi connectivity index (χ1v) is 13.9. The van der Waals surface area contributed by atoms with Gasteiger partial charge in [0, 0.05) is 24.2 Å². The Morgan fingerprint density at radius 2 is 1.50 bits per heavy atom. The van der Waals surface area contributed by atoms with Crippen LogP contribution in [-0.2, 0) is 29.2 Å². The van der Waals surface area contributed by atoms with E-state index in [0.717, 1.165) is 5.56 Å². The van der Waals surface area contributed by atoms with Crippen molar-refractivity contribution in [3.63, 3.8) is 0 Å². The molecular weight excluding hydrogens is 538 g/mol. The summed E-state index contributed by atoms with van der Waals surface area (Å²) in [5.41, 5.74) is 1.97. The van der Waals surface area contributed by atoms with Crippen molar-refractivity contribution >= 4 is 39.4 Å². The molecule has 0 saturated carbocycles. The summed E-state index contributed by atoms with van der Waals surface area (Å²) in [4.78, 5) is 50.9. The van der Waals surface area contributed by atoms with Gasteiger partial charge in [0.15, 0.2) is 12.4 Å². The van der Waals surface area contributed by atoms with E-state index in [2.05, 4.69) is 0 Å². The molecule has 1 saturated heterocycles. The average Bonchev–Trinajstić information content (AvgIpc) is 3.33. The molecule has 0 spiro atoms. The van der Waals surface area contributed by atoms with Gasteiger partial charge in [-0.3, -0.25) is 14.4 Å². The molecule has 0 N–H and O–H groups in total. The molecule has 0 aromatic heterocycles. The second kappa shape index (κ2) is 12.1. The normalized spacial score (nSPS) is 15.0. The maximum Gasteiger partial charge on any atom is 0.339 e. The lowest BCUT2D eigenvalue weighted by atomic mass is 10.1.